The van der Waals surface area contributed by atoms with Gasteiger partial charge in [0.1, 0.15) is 17.8 Å². The van der Waals surface area contributed by atoms with E-state index < -0.39 is 24.2 Å². The van der Waals surface area contributed by atoms with Crippen molar-refractivity contribution < 1.29 is 29.1 Å². The molecule has 1 aliphatic carbocycles. The number of amides is 5. The average molecular weight is 686 g/mol. The van der Waals surface area contributed by atoms with Crippen molar-refractivity contribution in [3.8, 4) is 0 Å². The van der Waals surface area contributed by atoms with E-state index in [1.54, 1.807) is 55.4 Å². The molecule has 1 saturated heterocycles. The molecule has 1 aromatic heterocycles. The fourth-order valence-corrected chi connectivity index (χ4v) is 6.94. The number of aryl methyl sites for hydroxylation is 1. The number of carbonyl (C=O) groups is 5. The number of carboxylic acid groups (broad SMARTS) is 1. The number of rotatable bonds is 12. The van der Waals surface area contributed by atoms with E-state index in [0.29, 0.717) is 17.8 Å². The Balaban J connectivity index is 1.26. The second-order valence-corrected chi connectivity index (χ2v) is 13.2. The lowest BCUT2D eigenvalue weighted by atomic mass is 9.83. The molecule has 5 rings (SSSR count). The second kappa shape index (κ2) is 17.0. The van der Waals surface area contributed by atoms with Crippen molar-refractivity contribution in [3.05, 3.63) is 83.7 Å². The Bertz CT molecular complexity index is 1640. The first kappa shape index (κ1) is 36.1. The summed E-state index contributed by atoms with van der Waals surface area (Å²) in [6, 6.07) is 16.3. The van der Waals surface area contributed by atoms with Gasteiger partial charge in [-0.15, -0.1) is 0 Å². The molecule has 0 bridgehead atoms. The molecule has 2 aromatic carbocycles. The number of nitrogens with one attached hydrogen (secondary N) is 3. The summed E-state index contributed by atoms with van der Waals surface area (Å²) in [5.74, 6) is -1.18. The fourth-order valence-electron chi connectivity index (χ4n) is 6.94. The topological polar surface area (TPSA) is 166 Å². The Morgan fingerprint density at radius 3 is 2.26 bits per heavy atom. The van der Waals surface area contributed by atoms with Crippen LogP contribution in [0.4, 0.5) is 10.5 Å². The molecule has 0 unspecified atom stereocenters. The van der Waals surface area contributed by atoms with Crippen LogP contribution in [0.15, 0.2) is 66.9 Å². The van der Waals surface area contributed by atoms with Gasteiger partial charge in [0.15, 0.2) is 0 Å². The first-order valence-corrected chi connectivity index (χ1v) is 17.4. The fraction of sp³-hybridized carbons (Fsp3) is 0.459. The van der Waals surface area contributed by atoms with E-state index in [4.69, 9.17) is 0 Å². The van der Waals surface area contributed by atoms with E-state index >= 15 is 0 Å². The minimum Gasteiger partial charge on any atom is -0.465 e. The average Bonchev–Trinajstić information content (AvgIpc) is 3.57. The molecule has 50 heavy (non-hydrogen) atoms. The highest BCUT2D eigenvalue weighted by Crippen LogP contribution is 2.28. The second-order valence-electron chi connectivity index (χ2n) is 13.2. The minimum atomic E-state index is -1.03. The number of hydrogen-bond donors (Lipinski definition) is 4. The van der Waals surface area contributed by atoms with Crippen molar-refractivity contribution in [2.24, 2.45) is 13.0 Å². The maximum Gasteiger partial charge on any atom is 0.407 e. The summed E-state index contributed by atoms with van der Waals surface area (Å²) < 4.78 is 1.48. The Labute approximate surface area is 292 Å². The van der Waals surface area contributed by atoms with Crippen molar-refractivity contribution in [1.82, 2.24) is 30.2 Å². The Morgan fingerprint density at radius 1 is 0.900 bits per heavy atom. The third-order valence-corrected chi connectivity index (χ3v) is 9.71. The van der Waals surface area contributed by atoms with Crippen LogP contribution in [0, 0.1) is 5.92 Å². The number of piperazine rings is 1. The van der Waals surface area contributed by atoms with Gasteiger partial charge in [0.05, 0.1) is 6.04 Å². The van der Waals surface area contributed by atoms with Crippen LogP contribution >= 0.6 is 0 Å². The molecule has 2 aliphatic rings. The predicted molar refractivity (Wildman–Crippen MR) is 187 cm³/mol. The van der Waals surface area contributed by atoms with Crippen LogP contribution in [0.5, 0.6) is 0 Å². The zero-order valence-corrected chi connectivity index (χ0v) is 28.7. The van der Waals surface area contributed by atoms with Crippen molar-refractivity contribution in [3.63, 3.8) is 0 Å². The Hall–Kier alpha value is -5.20. The molecule has 1 saturated carbocycles. The van der Waals surface area contributed by atoms with Gasteiger partial charge in [0, 0.05) is 51.4 Å². The third-order valence-electron chi connectivity index (χ3n) is 9.71. The Kier molecular flexibility index (Phi) is 12.2. The summed E-state index contributed by atoms with van der Waals surface area (Å²) in [5, 5.41) is 22.7. The molecular formula is C37H47N7O6. The van der Waals surface area contributed by atoms with E-state index in [1.807, 2.05) is 30.3 Å². The minimum absolute atomic E-state index is 0.0128. The normalized spacial score (nSPS) is 17.8. The van der Waals surface area contributed by atoms with Crippen LogP contribution in [0.3, 0.4) is 0 Å². The standard InChI is InChI=1S/C37H47N7O6/c1-3-32(45)40-30(36(48)43-20-21-44(37(49)50)29(24-43)22-25-10-6-4-7-11-25)23-26-14-16-28(17-15-26)39-35(47)33(27-12-8-5-9-13-27)41-34(46)31-18-19-38-42(31)2/h4,6-7,10-11,14-19,27,29-30,33H,3,5,8-9,12-13,20-24H2,1-2H3,(H,39,47)(H,40,45)(H,41,46)(H,49,50)/t29-,30-,33+/m1/s1. The molecule has 2 fully saturated rings. The van der Waals surface area contributed by atoms with Gasteiger partial charge in [-0.3, -0.25) is 23.9 Å². The van der Waals surface area contributed by atoms with E-state index in [9.17, 15) is 29.1 Å². The van der Waals surface area contributed by atoms with Gasteiger partial charge in [-0.25, -0.2) is 4.79 Å². The molecule has 5 amide bonds. The van der Waals surface area contributed by atoms with Crippen molar-refractivity contribution in [1.29, 1.82) is 0 Å². The molecule has 4 N–H and O–H groups in total. The zero-order chi connectivity index (χ0) is 35.6. The first-order valence-electron chi connectivity index (χ1n) is 17.4. The van der Waals surface area contributed by atoms with Crippen LogP contribution in [-0.2, 0) is 34.3 Å². The van der Waals surface area contributed by atoms with Gasteiger partial charge in [-0.1, -0.05) is 68.7 Å². The number of nitrogens with zero attached hydrogens (tertiary/aromatic N) is 4. The van der Waals surface area contributed by atoms with Crippen LogP contribution in [-0.4, -0.2) is 92.2 Å². The summed E-state index contributed by atoms with van der Waals surface area (Å²) in [6.07, 6.45) is 6.21. The van der Waals surface area contributed by atoms with Gasteiger partial charge < -0.3 is 30.9 Å². The highest BCUT2D eigenvalue weighted by Gasteiger charge is 2.36. The van der Waals surface area contributed by atoms with Crippen LogP contribution < -0.4 is 16.0 Å². The molecule has 0 radical (unpaired) electrons. The van der Waals surface area contributed by atoms with Gasteiger partial charge in [0.25, 0.3) is 5.91 Å². The first-order chi connectivity index (χ1) is 24.1. The summed E-state index contributed by atoms with van der Waals surface area (Å²) >= 11 is 0. The van der Waals surface area contributed by atoms with Crippen molar-refractivity contribution in [2.45, 2.75) is 76.4 Å². The third kappa shape index (κ3) is 9.27. The van der Waals surface area contributed by atoms with Crippen LogP contribution in [0.2, 0.25) is 0 Å². The van der Waals surface area contributed by atoms with Crippen LogP contribution in [0.1, 0.15) is 67.1 Å². The van der Waals surface area contributed by atoms with E-state index in [2.05, 4.69) is 21.0 Å². The molecule has 13 nitrogen and oxygen atoms in total. The lowest BCUT2D eigenvalue weighted by molar-refractivity contribution is -0.138. The maximum atomic E-state index is 13.9. The van der Waals surface area contributed by atoms with E-state index in [0.717, 1.165) is 43.2 Å². The molecule has 1 aliphatic heterocycles. The van der Waals surface area contributed by atoms with Crippen LogP contribution in [0.25, 0.3) is 0 Å². The van der Waals surface area contributed by atoms with Gasteiger partial charge >= 0.3 is 6.09 Å². The van der Waals surface area contributed by atoms with Gasteiger partial charge in [-0.2, -0.15) is 5.10 Å². The quantitative estimate of drug-likeness (QED) is 0.226. The Morgan fingerprint density at radius 2 is 1.62 bits per heavy atom. The number of carbonyl (C=O) groups excluding carboxylic acids is 4. The molecule has 0 spiro atoms. The molecule has 3 aromatic rings. The van der Waals surface area contributed by atoms with Gasteiger partial charge in [0.2, 0.25) is 17.7 Å². The lowest BCUT2D eigenvalue weighted by Crippen LogP contribution is -2.60. The van der Waals surface area contributed by atoms with Gasteiger partial charge in [-0.05, 0) is 54.5 Å². The number of hydrogen-bond acceptors (Lipinski definition) is 6. The highest BCUT2D eigenvalue weighted by molar-refractivity contribution is 6.00. The SMILES string of the molecule is CCC(=O)N[C@H](Cc1ccc(NC(=O)[C@@H](NC(=O)c2ccnn2C)C2CCCCC2)cc1)C(=O)N1CCN(C(=O)O)[C@H](Cc2ccccc2)C1. The van der Waals surface area contributed by atoms with Crippen molar-refractivity contribution >= 4 is 35.4 Å². The lowest BCUT2D eigenvalue weighted by Gasteiger charge is -2.41. The number of benzene rings is 2. The monoisotopic (exact) mass is 685 g/mol. The highest BCUT2D eigenvalue weighted by atomic mass is 16.4. The zero-order valence-electron chi connectivity index (χ0n) is 28.7. The molecular weight excluding hydrogens is 638 g/mol. The smallest absolute Gasteiger partial charge is 0.407 e. The summed E-state index contributed by atoms with van der Waals surface area (Å²) in [6.45, 7) is 2.32. The summed E-state index contributed by atoms with van der Waals surface area (Å²) in [7, 11) is 1.68. The molecule has 13 heteroatoms. The number of aromatic nitrogens is 2. The molecule has 266 valence electrons. The summed E-state index contributed by atoms with van der Waals surface area (Å²) in [4.78, 5) is 68.2. The van der Waals surface area contributed by atoms with E-state index in [1.165, 1.54) is 9.58 Å². The predicted octanol–water partition coefficient (Wildman–Crippen LogP) is 3.61. The summed E-state index contributed by atoms with van der Waals surface area (Å²) in [5.41, 5.74) is 2.67. The number of anilines is 1. The van der Waals surface area contributed by atoms with Crippen molar-refractivity contribution in [2.75, 3.05) is 25.0 Å². The molecule has 3 atom stereocenters. The van der Waals surface area contributed by atoms with E-state index in [-0.39, 0.29) is 62.0 Å². The maximum absolute atomic E-state index is 13.9. The molecule has 2 heterocycles. The largest absolute Gasteiger partial charge is 0.465 e.